The summed E-state index contributed by atoms with van der Waals surface area (Å²) in [6, 6.07) is 24.0. The van der Waals surface area contributed by atoms with Crippen LogP contribution in [0.15, 0.2) is 72.8 Å². The molecule has 0 bridgehead atoms. The molecule has 2 rings (SSSR count). The van der Waals surface area contributed by atoms with Crippen LogP contribution >= 0.6 is 32.6 Å². The normalized spacial score (nSPS) is 9.75. The molecule has 2 aromatic rings. The molecule has 0 aliphatic carbocycles. The van der Waals surface area contributed by atoms with Gasteiger partial charge in [0.15, 0.2) is 0 Å². The molecule has 9 nitrogen and oxygen atoms in total. The van der Waals surface area contributed by atoms with Gasteiger partial charge >= 0.3 is 20.2 Å². The minimum absolute atomic E-state index is 0. The average Bonchev–Trinajstić information content (AvgIpc) is 2.46. The number of hydrogen-bond acceptors (Lipinski definition) is 3. The van der Waals surface area contributed by atoms with Gasteiger partial charge in [-0.15, -0.1) is 12.4 Å². The molecule has 28 heavy (non-hydrogen) atoms. The standard InChI is InChI=1S/2C6H6.ClH.3H3O3PS/c2*1-2-4-6-5-3-1;;3*1-4(2,3)5/h2*1-6H;1H;3*(H3,1,2,3,5). The summed E-state index contributed by atoms with van der Waals surface area (Å²) in [5.74, 6) is 0. The van der Waals surface area contributed by atoms with Crippen molar-refractivity contribution in [1.29, 1.82) is 0 Å². The van der Waals surface area contributed by atoms with Crippen LogP contribution in [0.5, 0.6) is 0 Å². The molecule has 0 aliphatic rings. The highest BCUT2D eigenvalue weighted by molar-refractivity contribution is 8.06. The lowest BCUT2D eigenvalue weighted by Crippen LogP contribution is -1.65. The molecule has 9 N–H and O–H groups in total. The first kappa shape index (κ1) is 35.7. The van der Waals surface area contributed by atoms with Gasteiger partial charge in [0.05, 0.1) is 0 Å². The average molecular weight is 535 g/mol. The first-order valence-electron chi connectivity index (χ1n) is 6.35. The van der Waals surface area contributed by atoms with Crippen LogP contribution in [0.1, 0.15) is 0 Å². The highest BCUT2D eigenvalue weighted by Gasteiger charge is 1.93. The Balaban J connectivity index is -0.000000128. The van der Waals surface area contributed by atoms with Gasteiger partial charge in [-0.05, 0) is 35.4 Å². The Morgan fingerprint density at radius 2 is 0.357 bits per heavy atom. The highest BCUT2D eigenvalue weighted by Crippen LogP contribution is 2.27. The van der Waals surface area contributed by atoms with E-state index in [2.05, 4.69) is 35.4 Å². The molecule has 0 saturated carbocycles. The minimum atomic E-state index is -3.81. The van der Waals surface area contributed by atoms with Gasteiger partial charge in [-0.25, -0.2) is 0 Å². The molecular weight excluding hydrogens is 513 g/mol. The van der Waals surface area contributed by atoms with Crippen LogP contribution in [-0.4, -0.2) is 44.0 Å². The lowest BCUT2D eigenvalue weighted by Gasteiger charge is -1.88. The zero-order chi connectivity index (χ0) is 22.0. The van der Waals surface area contributed by atoms with Crippen molar-refractivity contribution in [1.82, 2.24) is 0 Å². The molecule has 0 radical (unpaired) electrons. The van der Waals surface area contributed by atoms with E-state index in [0.29, 0.717) is 0 Å². The van der Waals surface area contributed by atoms with E-state index in [1.807, 2.05) is 72.8 Å². The third-order valence-electron chi connectivity index (χ3n) is 1.33. The van der Waals surface area contributed by atoms with E-state index in [1.165, 1.54) is 0 Å². The summed E-state index contributed by atoms with van der Waals surface area (Å²) in [7, 11) is 0. The lowest BCUT2D eigenvalue weighted by atomic mass is 10.4. The van der Waals surface area contributed by atoms with Crippen molar-refractivity contribution in [3.63, 3.8) is 0 Å². The first-order chi connectivity index (χ1) is 12.0. The zero-order valence-corrected chi connectivity index (χ0v) is 19.9. The molecule has 164 valence electrons. The second-order valence-electron chi connectivity index (χ2n) is 3.85. The van der Waals surface area contributed by atoms with E-state index in [4.69, 9.17) is 44.0 Å². The van der Waals surface area contributed by atoms with Crippen molar-refractivity contribution in [2.24, 2.45) is 0 Å². The van der Waals surface area contributed by atoms with E-state index in [0.717, 1.165) is 0 Å². The quantitative estimate of drug-likeness (QED) is 0.222. The third-order valence-corrected chi connectivity index (χ3v) is 1.33. The van der Waals surface area contributed by atoms with E-state index in [1.54, 1.807) is 0 Å². The Labute approximate surface area is 184 Å². The Morgan fingerprint density at radius 3 is 0.393 bits per heavy atom. The van der Waals surface area contributed by atoms with Crippen molar-refractivity contribution in [2.75, 3.05) is 0 Å². The monoisotopic (exact) mass is 534 g/mol. The van der Waals surface area contributed by atoms with Crippen LogP contribution in [0.25, 0.3) is 0 Å². The predicted molar refractivity (Wildman–Crippen MR) is 123 cm³/mol. The molecule has 2 aromatic carbocycles. The predicted octanol–water partition coefficient (Wildman–Crippen LogP) is 1.36. The minimum Gasteiger partial charge on any atom is -0.325 e. The van der Waals surface area contributed by atoms with Crippen LogP contribution in [-0.2, 0) is 35.4 Å². The molecule has 16 heteroatoms. The largest absolute Gasteiger partial charge is 0.325 e. The van der Waals surface area contributed by atoms with Crippen LogP contribution in [0.3, 0.4) is 0 Å². The van der Waals surface area contributed by atoms with E-state index in [9.17, 15) is 0 Å². The topological polar surface area (TPSA) is 182 Å². The summed E-state index contributed by atoms with van der Waals surface area (Å²) in [6.07, 6.45) is 0. The maximum Gasteiger partial charge on any atom is 0.319 e. The van der Waals surface area contributed by atoms with Crippen LogP contribution < -0.4 is 0 Å². The number of hydrogen-bond donors (Lipinski definition) is 9. The molecule has 0 amide bonds. The fourth-order valence-electron chi connectivity index (χ4n) is 0.770. The Morgan fingerprint density at radius 1 is 0.321 bits per heavy atom. The number of benzene rings is 2. The van der Waals surface area contributed by atoms with Gasteiger partial charge in [-0.3, -0.25) is 0 Å². The Hall–Kier alpha value is 0.320. The van der Waals surface area contributed by atoms with Gasteiger partial charge in [0.25, 0.3) is 0 Å². The summed E-state index contributed by atoms with van der Waals surface area (Å²) < 4.78 is 0. The third kappa shape index (κ3) is 111. The van der Waals surface area contributed by atoms with Gasteiger partial charge in [0, 0.05) is 0 Å². The van der Waals surface area contributed by atoms with E-state index >= 15 is 0 Å². The van der Waals surface area contributed by atoms with Crippen LogP contribution in [0, 0.1) is 0 Å². The second kappa shape index (κ2) is 20.6. The molecule has 0 unspecified atom stereocenters. The SMILES string of the molecule is Cl.OP(O)(O)=S.OP(O)(O)=S.OP(O)(O)=S.c1ccccc1.c1ccccc1. The second-order valence-corrected chi connectivity index (χ2v) is 11.3. The smallest absolute Gasteiger partial charge is 0.319 e. The summed E-state index contributed by atoms with van der Waals surface area (Å²) in [5.41, 5.74) is 0. The molecule has 0 aromatic heterocycles. The molecule has 0 aliphatic heterocycles. The number of rotatable bonds is 0. The number of halogens is 1. The zero-order valence-electron chi connectivity index (χ0n) is 13.9. The molecule has 0 atom stereocenters. The summed E-state index contributed by atoms with van der Waals surface area (Å²) in [5, 5.41) is 0. The van der Waals surface area contributed by atoms with Gasteiger partial charge in [-0.1, -0.05) is 72.8 Å². The fourth-order valence-corrected chi connectivity index (χ4v) is 0.770. The molecular formula is C12H22ClO9P3S3. The van der Waals surface area contributed by atoms with Gasteiger partial charge in [0.1, 0.15) is 0 Å². The summed E-state index contributed by atoms with van der Waals surface area (Å²) >= 11 is 10.8. The lowest BCUT2D eigenvalue weighted by molar-refractivity contribution is 0.361. The van der Waals surface area contributed by atoms with Gasteiger partial charge < -0.3 is 44.0 Å². The molecule has 0 heterocycles. The van der Waals surface area contributed by atoms with Crippen molar-refractivity contribution in [3.05, 3.63) is 72.8 Å². The van der Waals surface area contributed by atoms with Gasteiger partial charge in [0.2, 0.25) is 0 Å². The molecule has 0 fully saturated rings. The fraction of sp³-hybridized carbons (Fsp3) is 0. The van der Waals surface area contributed by atoms with Crippen molar-refractivity contribution >= 4 is 68.0 Å². The maximum absolute atomic E-state index is 7.56. The highest BCUT2D eigenvalue weighted by atomic mass is 35.5. The Kier molecular flexibility index (Phi) is 26.3. The van der Waals surface area contributed by atoms with Crippen LogP contribution in [0.2, 0.25) is 0 Å². The van der Waals surface area contributed by atoms with Crippen LogP contribution in [0.4, 0.5) is 0 Å². The van der Waals surface area contributed by atoms with Gasteiger partial charge in [-0.2, -0.15) is 0 Å². The van der Waals surface area contributed by atoms with Crippen molar-refractivity contribution in [2.45, 2.75) is 0 Å². The molecule has 0 spiro atoms. The Bertz CT molecular complexity index is 538. The van der Waals surface area contributed by atoms with E-state index in [-0.39, 0.29) is 12.4 Å². The summed E-state index contributed by atoms with van der Waals surface area (Å²) in [4.78, 5) is 68.0. The maximum atomic E-state index is 7.56. The first-order valence-corrected chi connectivity index (χ1v) is 14.3. The summed E-state index contributed by atoms with van der Waals surface area (Å²) in [6.45, 7) is -11.4. The van der Waals surface area contributed by atoms with E-state index < -0.39 is 20.2 Å². The van der Waals surface area contributed by atoms with Crippen molar-refractivity contribution in [3.8, 4) is 0 Å². The van der Waals surface area contributed by atoms with Crippen molar-refractivity contribution < 1.29 is 44.0 Å². The molecule has 0 saturated heterocycles.